The molecule has 2 aromatic carbocycles. The lowest BCUT2D eigenvalue weighted by molar-refractivity contribution is 0.557. The van der Waals surface area contributed by atoms with E-state index in [1.807, 2.05) is 13.0 Å². The number of hydrazine groups is 1. The van der Waals surface area contributed by atoms with Crippen molar-refractivity contribution in [2.24, 2.45) is 5.84 Å². The van der Waals surface area contributed by atoms with Crippen molar-refractivity contribution < 1.29 is 0 Å². The molecule has 0 spiro atoms. The predicted octanol–water partition coefficient (Wildman–Crippen LogP) is 4.61. The molecule has 2 nitrogen and oxygen atoms in total. The highest BCUT2D eigenvalue weighted by Crippen LogP contribution is 2.32. The van der Waals surface area contributed by atoms with E-state index in [1.54, 1.807) is 11.3 Å². The van der Waals surface area contributed by atoms with Gasteiger partial charge in [0.15, 0.2) is 0 Å². The quantitative estimate of drug-likeness (QED) is 0.545. The lowest BCUT2D eigenvalue weighted by Crippen LogP contribution is -2.29. The molecule has 1 unspecified atom stereocenters. The molecule has 3 N–H and O–H groups in total. The first-order chi connectivity index (χ1) is 10.2. The number of fused-ring (bicyclic) bond motifs is 1. The van der Waals surface area contributed by atoms with E-state index in [0.717, 1.165) is 17.0 Å². The number of hydrogen-bond donors (Lipinski definition) is 2. The average Bonchev–Trinajstić information content (AvgIpc) is 2.91. The summed E-state index contributed by atoms with van der Waals surface area (Å²) in [5, 5.41) is 4.24. The zero-order valence-corrected chi connectivity index (χ0v) is 13.3. The fraction of sp³-hybridized carbons (Fsp3) is 0.176. The molecule has 108 valence electrons. The van der Waals surface area contributed by atoms with Crippen LogP contribution in [0.5, 0.6) is 0 Å². The summed E-state index contributed by atoms with van der Waals surface area (Å²) in [6, 6.07) is 14.6. The van der Waals surface area contributed by atoms with Gasteiger partial charge in [0.1, 0.15) is 0 Å². The van der Waals surface area contributed by atoms with Crippen LogP contribution in [0.1, 0.15) is 22.7 Å². The first kappa shape index (κ1) is 14.5. The average molecular weight is 317 g/mol. The SMILES string of the molecule is Cc1ccc(CC(NN)c2csc3ccccc23)c(Cl)c1. The smallest absolute Gasteiger partial charge is 0.0515 e. The Morgan fingerprint density at radius 3 is 2.81 bits per heavy atom. The van der Waals surface area contributed by atoms with Gasteiger partial charge < -0.3 is 0 Å². The van der Waals surface area contributed by atoms with Crippen molar-refractivity contribution in [3.05, 3.63) is 69.6 Å². The molecule has 0 saturated carbocycles. The predicted molar refractivity (Wildman–Crippen MR) is 91.8 cm³/mol. The van der Waals surface area contributed by atoms with Gasteiger partial charge in [-0.2, -0.15) is 0 Å². The maximum Gasteiger partial charge on any atom is 0.0515 e. The van der Waals surface area contributed by atoms with E-state index >= 15 is 0 Å². The molecule has 1 heterocycles. The van der Waals surface area contributed by atoms with E-state index in [0.29, 0.717) is 0 Å². The number of thiophene rings is 1. The molecule has 1 aromatic heterocycles. The number of rotatable bonds is 4. The molecule has 3 rings (SSSR count). The van der Waals surface area contributed by atoms with Crippen LogP contribution in [0.4, 0.5) is 0 Å². The van der Waals surface area contributed by atoms with Gasteiger partial charge >= 0.3 is 0 Å². The standard InChI is InChI=1S/C17H17ClN2S/c1-11-6-7-12(15(18)8-11)9-16(20-19)14-10-21-17-5-3-2-4-13(14)17/h2-8,10,16,20H,9,19H2,1H3. The Kier molecular flexibility index (Phi) is 4.27. The van der Waals surface area contributed by atoms with Crippen molar-refractivity contribution >= 4 is 33.0 Å². The summed E-state index contributed by atoms with van der Waals surface area (Å²) in [5.74, 6) is 5.79. The van der Waals surface area contributed by atoms with Crippen LogP contribution in [0.2, 0.25) is 5.02 Å². The number of hydrogen-bond acceptors (Lipinski definition) is 3. The fourth-order valence-electron chi connectivity index (χ4n) is 2.56. The molecular weight excluding hydrogens is 300 g/mol. The molecule has 0 radical (unpaired) electrons. The second-order valence-corrected chi connectivity index (χ2v) is 6.52. The largest absolute Gasteiger partial charge is 0.271 e. The Morgan fingerprint density at radius 2 is 2.05 bits per heavy atom. The monoisotopic (exact) mass is 316 g/mol. The van der Waals surface area contributed by atoms with Gasteiger partial charge in [-0.3, -0.25) is 11.3 Å². The van der Waals surface area contributed by atoms with Crippen molar-refractivity contribution in [1.82, 2.24) is 5.43 Å². The number of nitrogens with two attached hydrogens (primary N) is 1. The number of benzene rings is 2. The second-order valence-electron chi connectivity index (χ2n) is 5.21. The van der Waals surface area contributed by atoms with E-state index < -0.39 is 0 Å². The number of aryl methyl sites for hydroxylation is 1. The van der Waals surface area contributed by atoms with Gasteiger partial charge in [0.25, 0.3) is 0 Å². The maximum atomic E-state index is 6.34. The van der Waals surface area contributed by atoms with Gasteiger partial charge in [-0.15, -0.1) is 11.3 Å². The molecule has 1 atom stereocenters. The van der Waals surface area contributed by atoms with Crippen LogP contribution >= 0.6 is 22.9 Å². The third kappa shape index (κ3) is 2.97. The van der Waals surface area contributed by atoms with Crippen molar-refractivity contribution in [3.63, 3.8) is 0 Å². The van der Waals surface area contributed by atoms with E-state index in [4.69, 9.17) is 17.4 Å². The van der Waals surface area contributed by atoms with Crippen LogP contribution in [0.3, 0.4) is 0 Å². The molecule has 3 aromatic rings. The van der Waals surface area contributed by atoms with Crippen molar-refractivity contribution in [2.75, 3.05) is 0 Å². The maximum absolute atomic E-state index is 6.34. The summed E-state index contributed by atoms with van der Waals surface area (Å²) >= 11 is 8.09. The van der Waals surface area contributed by atoms with E-state index in [1.165, 1.54) is 21.2 Å². The third-order valence-corrected chi connectivity index (χ3v) is 5.05. The molecule has 21 heavy (non-hydrogen) atoms. The van der Waals surface area contributed by atoms with Crippen LogP contribution in [-0.2, 0) is 6.42 Å². The minimum absolute atomic E-state index is 0.0568. The van der Waals surface area contributed by atoms with Gasteiger partial charge in [-0.1, -0.05) is 41.9 Å². The summed E-state index contributed by atoms with van der Waals surface area (Å²) in [4.78, 5) is 0. The Labute approximate surface area is 133 Å². The Balaban J connectivity index is 1.95. The van der Waals surface area contributed by atoms with E-state index in [2.05, 4.69) is 47.2 Å². The topological polar surface area (TPSA) is 38.0 Å². The minimum atomic E-state index is 0.0568. The Hall–Kier alpha value is -1.39. The summed E-state index contributed by atoms with van der Waals surface area (Å²) in [5.41, 5.74) is 6.45. The van der Waals surface area contributed by atoms with Crippen molar-refractivity contribution in [3.8, 4) is 0 Å². The number of halogens is 1. The van der Waals surface area contributed by atoms with Crippen LogP contribution in [0.15, 0.2) is 47.8 Å². The molecule has 0 saturated heterocycles. The Morgan fingerprint density at radius 1 is 1.24 bits per heavy atom. The first-order valence-corrected chi connectivity index (χ1v) is 8.12. The zero-order chi connectivity index (χ0) is 14.8. The molecule has 0 aliphatic carbocycles. The van der Waals surface area contributed by atoms with Crippen LogP contribution in [0.25, 0.3) is 10.1 Å². The molecule has 0 amide bonds. The second kappa shape index (κ2) is 6.16. The third-order valence-electron chi connectivity index (χ3n) is 3.72. The number of nitrogens with one attached hydrogen (secondary N) is 1. The molecule has 0 aliphatic rings. The molecule has 4 heteroatoms. The lowest BCUT2D eigenvalue weighted by atomic mass is 9.98. The zero-order valence-electron chi connectivity index (χ0n) is 11.8. The van der Waals surface area contributed by atoms with E-state index in [-0.39, 0.29) is 6.04 Å². The van der Waals surface area contributed by atoms with Crippen molar-refractivity contribution in [1.29, 1.82) is 0 Å². The van der Waals surface area contributed by atoms with Gasteiger partial charge in [0, 0.05) is 9.72 Å². The van der Waals surface area contributed by atoms with E-state index in [9.17, 15) is 0 Å². The summed E-state index contributed by atoms with van der Waals surface area (Å²) in [6.45, 7) is 2.04. The highest BCUT2D eigenvalue weighted by molar-refractivity contribution is 7.17. The van der Waals surface area contributed by atoms with Crippen LogP contribution in [0, 0.1) is 6.92 Å². The molecule has 0 bridgehead atoms. The van der Waals surface area contributed by atoms with Crippen LogP contribution in [-0.4, -0.2) is 0 Å². The lowest BCUT2D eigenvalue weighted by Gasteiger charge is -2.17. The highest BCUT2D eigenvalue weighted by Gasteiger charge is 2.16. The Bertz CT molecular complexity index is 766. The molecular formula is C17H17ClN2S. The highest BCUT2D eigenvalue weighted by atomic mass is 35.5. The normalized spacial score (nSPS) is 12.7. The first-order valence-electron chi connectivity index (χ1n) is 6.86. The van der Waals surface area contributed by atoms with Crippen LogP contribution < -0.4 is 11.3 Å². The summed E-state index contributed by atoms with van der Waals surface area (Å²) in [6.07, 6.45) is 0.774. The van der Waals surface area contributed by atoms with Gasteiger partial charge in [0.05, 0.1) is 6.04 Å². The fourth-order valence-corrected chi connectivity index (χ4v) is 3.89. The summed E-state index contributed by atoms with van der Waals surface area (Å²) in [7, 11) is 0. The van der Waals surface area contributed by atoms with Crippen molar-refractivity contribution in [2.45, 2.75) is 19.4 Å². The molecule has 0 fully saturated rings. The van der Waals surface area contributed by atoms with Gasteiger partial charge in [-0.25, -0.2) is 0 Å². The van der Waals surface area contributed by atoms with Gasteiger partial charge in [0.2, 0.25) is 0 Å². The molecule has 0 aliphatic heterocycles. The minimum Gasteiger partial charge on any atom is -0.271 e. The summed E-state index contributed by atoms with van der Waals surface area (Å²) < 4.78 is 1.28. The van der Waals surface area contributed by atoms with Gasteiger partial charge in [-0.05, 0) is 52.9 Å².